The molecule has 0 bridgehead atoms. The molecule has 5 heteroatoms. The third kappa shape index (κ3) is 1.97. The number of ketones is 1. The zero-order valence-electron chi connectivity index (χ0n) is 12.3. The third-order valence-electron chi connectivity index (χ3n) is 3.98. The minimum Gasteiger partial charge on any atom is -0.508 e. The van der Waals surface area contributed by atoms with Crippen LogP contribution in [0.4, 0.5) is 0 Å². The Kier molecular flexibility index (Phi) is 2.72. The molecular weight excluding hydrogens is 294 g/mol. The molecule has 0 aliphatic carbocycles. The van der Waals surface area contributed by atoms with Gasteiger partial charge in [0.1, 0.15) is 22.8 Å². The summed E-state index contributed by atoms with van der Waals surface area (Å²) in [7, 11) is 0. The van der Waals surface area contributed by atoms with E-state index in [1.807, 2.05) is 31.3 Å². The van der Waals surface area contributed by atoms with Gasteiger partial charge in [-0.15, -0.1) is 0 Å². The Bertz CT molecular complexity index is 998. The Labute approximate surface area is 131 Å². The van der Waals surface area contributed by atoms with Crippen LogP contribution in [-0.2, 0) is 0 Å². The first kappa shape index (κ1) is 13.5. The lowest BCUT2D eigenvalue weighted by Crippen LogP contribution is -1.98. The number of carbonyl (C=O) groups is 1. The van der Waals surface area contributed by atoms with Crippen LogP contribution in [0.3, 0.4) is 0 Å². The van der Waals surface area contributed by atoms with Crippen molar-refractivity contribution in [2.45, 2.75) is 6.92 Å². The van der Waals surface area contributed by atoms with Gasteiger partial charge in [-0.2, -0.15) is 0 Å². The van der Waals surface area contributed by atoms with Crippen molar-refractivity contribution in [2.24, 2.45) is 0 Å². The summed E-state index contributed by atoms with van der Waals surface area (Å²) in [6.45, 7) is 2.00. The molecular formula is C18H13NO4. The molecule has 0 spiro atoms. The quantitative estimate of drug-likeness (QED) is 0.601. The molecule has 0 amide bonds. The second-order valence-corrected chi connectivity index (χ2v) is 5.52. The smallest absolute Gasteiger partial charge is 0.235 e. The van der Waals surface area contributed by atoms with E-state index in [9.17, 15) is 15.0 Å². The minimum absolute atomic E-state index is 0.0741. The van der Waals surface area contributed by atoms with Gasteiger partial charge in [-0.05, 0) is 18.6 Å². The van der Waals surface area contributed by atoms with Crippen LogP contribution >= 0.6 is 0 Å². The van der Waals surface area contributed by atoms with Crippen LogP contribution in [0.25, 0.3) is 17.0 Å². The molecule has 0 saturated carbocycles. The summed E-state index contributed by atoms with van der Waals surface area (Å²) >= 11 is 0. The number of aromatic nitrogens is 1. The highest BCUT2D eigenvalue weighted by Gasteiger charge is 2.31. The van der Waals surface area contributed by atoms with Crippen molar-refractivity contribution in [3.8, 4) is 17.2 Å². The van der Waals surface area contributed by atoms with Gasteiger partial charge in [0.25, 0.3) is 0 Å². The van der Waals surface area contributed by atoms with Crippen LogP contribution in [0.5, 0.6) is 17.2 Å². The molecule has 5 nitrogen and oxygen atoms in total. The highest BCUT2D eigenvalue weighted by atomic mass is 16.5. The first-order chi connectivity index (χ1) is 11.0. The van der Waals surface area contributed by atoms with Gasteiger partial charge in [0.15, 0.2) is 5.76 Å². The third-order valence-corrected chi connectivity index (χ3v) is 3.98. The second kappa shape index (κ2) is 4.64. The number of allylic oxidation sites excluding steroid dienone is 1. The first-order valence-corrected chi connectivity index (χ1v) is 7.11. The Morgan fingerprint density at radius 3 is 2.87 bits per heavy atom. The molecule has 1 aliphatic rings. The molecule has 0 radical (unpaired) electrons. The van der Waals surface area contributed by atoms with E-state index < -0.39 is 5.78 Å². The van der Waals surface area contributed by atoms with E-state index in [0.717, 1.165) is 28.1 Å². The number of phenols is 2. The van der Waals surface area contributed by atoms with Gasteiger partial charge >= 0.3 is 0 Å². The number of fused-ring (bicyclic) bond motifs is 2. The SMILES string of the molecule is Cc1cccc2c(C=C3Oc4cc(O)cc(O)c4C3=O)c[nH]c12. The van der Waals surface area contributed by atoms with Crippen LogP contribution in [0.15, 0.2) is 42.3 Å². The van der Waals surface area contributed by atoms with Crippen molar-refractivity contribution < 1.29 is 19.7 Å². The number of hydrogen-bond donors (Lipinski definition) is 3. The van der Waals surface area contributed by atoms with Crippen LogP contribution in [-0.4, -0.2) is 21.0 Å². The summed E-state index contributed by atoms with van der Waals surface area (Å²) in [5.41, 5.74) is 3.01. The van der Waals surface area contributed by atoms with E-state index in [1.165, 1.54) is 6.07 Å². The fourth-order valence-corrected chi connectivity index (χ4v) is 2.87. The van der Waals surface area contributed by atoms with Crippen molar-refractivity contribution in [3.05, 3.63) is 59.0 Å². The Morgan fingerprint density at radius 2 is 2.04 bits per heavy atom. The number of aromatic amines is 1. The Hall–Kier alpha value is -3.21. The highest BCUT2D eigenvalue weighted by molar-refractivity contribution is 6.16. The van der Waals surface area contributed by atoms with Gasteiger partial charge in [0, 0.05) is 34.8 Å². The Balaban J connectivity index is 1.83. The molecule has 23 heavy (non-hydrogen) atoms. The number of carbonyl (C=O) groups excluding carboxylic acids is 1. The van der Waals surface area contributed by atoms with Gasteiger partial charge in [-0.1, -0.05) is 18.2 Å². The van der Waals surface area contributed by atoms with Gasteiger partial charge in [-0.3, -0.25) is 4.79 Å². The maximum Gasteiger partial charge on any atom is 0.235 e. The summed E-state index contributed by atoms with van der Waals surface area (Å²) in [6, 6.07) is 8.35. The minimum atomic E-state index is -0.403. The number of benzene rings is 2. The molecule has 0 fully saturated rings. The molecule has 2 heterocycles. The van der Waals surface area contributed by atoms with Crippen molar-refractivity contribution in [2.75, 3.05) is 0 Å². The number of Topliss-reactive ketones (excluding diaryl/α,β-unsaturated/α-hetero) is 1. The van der Waals surface area contributed by atoms with E-state index in [0.29, 0.717) is 0 Å². The van der Waals surface area contributed by atoms with Crippen LogP contribution < -0.4 is 4.74 Å². The molecule has 0 unspecified atom stereocenters. The van der Waals surface area contributed by atoms with Crippen LogP contribution in [0.2, 0.25) is 0 Å². The van der Waals surface area contributed by atoms with E-state index in [1.54, 1.807) is 6.08 Å². The summed E-state index contributed by atoms with van der Waals surface area (Å²) in [6.07, 6.45) is 3.44. The Morgan fingerprint density at radius 1 is 1.22 bits per heavy atom. The molecule has 2 aromatic carbocycles. The van der Waals surface area contributed by atoms with Crippen molar-refractivity contribution in [1.29, 1.82) is 0 Å². The fraction of sp³-hybridized carbons (Fsp3) is 0.0556. The zero-order valence-corrected chi connectivity index (χ0v) is 12.3. The topological polar surface area (TPSA) is 82.5 Å². The molecule has 1 aliphatic heterocycles. The molecule has 0 saturated heterocycles. The average Bonchev–Trinajstić information content (AvgIpc) is 3.03. The van der Waals surface area contributed by atoms with Crippen molar-refractivity contribution in [1.82, 2.24) is 4.98 Å². The molecule has 0 atom stereocenters. The lowest BCUT2D eigenvalue weighted by molar-refractivity contribution is 0.101. The molecule has 114 valence electrons. The van der Waals surface area contributed by atoms with Crippen molar-refractivity contribution in [3.63, 3.8) is 0 Å². The maximum atomic E-state index is 12.4. The second-order valence-electron chi connectivity index (χ2n) is 5.52. The number of rotatable bonds is 1. The van der Waals surface area contributed by atoms with Crippen molar-refractivity contribution >= 4 is 22.8 Å². The van der Waals surface area contributed by atoms with Gasteiger partial charge in [0.2, 0.25) is 5.78 Å². The summed E-state index contributed by atoms with van der Waals surface area (Å²) < 4.78 is 5.51. The number of aromatic hydroxyl groups is 2. The van der Waals surface area contributed by atoms with E-state index in [4.69, 9.17) is 4.74 Å². The van der Waals surface area contributed by atoms with E-state index in [2.05, 4.69) is 4.98 Å². The molecule has 3 aromatic rings. The lowest BCUT2D eigenvalue weighted by Gasteiger charge is -2.00. The number of para-hydroxylation sites is 1. The fourth-order valence-electron chi connectivity index (χ4n) is 2.87. The summed E-state index contributed by atoms with van der Waals surface area (Å²) in [4.78, 5) is 15.6. The molecule has 1 aromatic heterocycles. The maximum absolute atomic E-state index is 12.4. The number of nitrogens with one attached hydrogen (secondary N) is 1. The number of aryl methyl sites for hydroxylation is 1. The number of hydrogen-bond acceptors (Lipinski definition) is 4. The van der Waals surface area contributed by atoms with E-state index in [-0.39, 0.29) is 28.6 Å². The van der Waals surface area contributed by atoms with Crippen LogP contribution in [0.1, 0.15) is 21.5 Å². The number of phenolic OH excluding ortho intramolecular Hbond substituents is 2. The van der Waals surface area contributed by atoms with E-state index >= 15 is 0 Å². The largest absolute Gasteiger partial charge is 0.508 e. The normalized spacial score (nSPS) is 15.2. The molecule has 4 rings (SSSR count). The monoisotopic (exact) mass is 307 g/mol. The highest BCUT2D eigenvalue weighted by Crippen LogP contribution is 2.40. The number of ether oxygens (including phenoxy) is 1. The van der Waals surface area contributed by atoms with Crippen LogP contribution in [0, 0.1) is 6.92 Å². The summed E-state index contributed by atoms with van der Waals surface area (Å²) in [5, 5.41) is 20.3. The van der Waals surface area contributed by atoms with Gasteiger partial charge in [-0.25, -0.2) is 0 Å². The lowest BCUT2D eigenvalue weighted by atomic mass is 10.1. The average molecular weight is 307 g/mol. The molecule has 3 N–H and O–H groups in total. The summed E-state index contributed by atoms with van der Waals surface area (Å²) in [5.74, 6) is -0.571. The predicted molar refractivity (Wildman–Crippen MR) is 85.7 cm³/mol. The number of H-pyrrole nitrogens is 1. The predicted octanol–water partition coefficient (Wildman–Crippen LogP) is 3.50. The van der Waals surface area contributed by atoms with Gasteiger partial charge < -0.3 is 19.9 Å². The van der Waals surface area contributed by atoms with Gasteiger partial charge in [0.05, 0.1) is 0 Å². The first-order valence-electron chi connectivity index (χ1n) is 7.11. The standard InChI is InChI=1S/C18H13NO4/c1-9-3-2-4-12-10(8-19-17(9)12)5-15-18(22)16-13(21)6-11(20)7-14(16)23-15/h2-8,19-21H,1H3. The zero-order chi connectivity index (χ0) is 16.1.